The summed E-state index contributed by atoms with van der Waals surface area (Å²) in [6.45, 7) is 0.636. The second-order valence-electron chi connectivity index (χ2n) is 6.20. The van der Waals surface area contributed by atoms with Gasteiger partial charge in [0.05, 0.1) is 29.8 Å². The highest BCUT2D eigenvalue weighted by Gasteiger charge is 2.28. The molecule has 0 bridgehead atoms. The first kappa shape index (κ1) is 18.3. The van der Waals surface area contributed by atoms with Gasteiger partial charge in [0.25, 0.3) is 0 Å². The smallest absolute Gasteiger partial charge is 0.243 e. The number of benzene rings is 1. The highest BCUT2D eigenvalue weighted by Crippen LogP contribution is 2.15. The summed E-state index contributed by atoms with van der Waals surface area (Å²) >= 11 is 0. The molecular weight excluding hydrogens is 343 g/mol. The van der Waals surface area contributed by atoms with Crippen molar-refractivity contribution in [2.75, 3.05) is 19.8 Å². The average Bonchev–Trinajstić information content (AvgIpc) is 3.01. The summed E-state index contributed by atoms with van der Waals surface area (Å²) in [6.07, 6.45) is 0.867. The van der Waals surface area contributed by atoms with Gasteiger partial charge in [-0.2, -0.15) is 0 Å². The van der Waals surface area contributed by atoms with Gasteiger partial charge in [0.2, 0.25) is 11.8 Å². The van der Waals surface area contributed by atoms with Crippen LogP contribution in [-0.4, -0.2) is 53.7 Å². The fourth-order valence-corrected chi connectivity index (χ4v) is 2.91. The van der Waals surface area contributed by atoms with Crippen LogP contribution in [0.15, 0.2) is 18.2 Å². The van der Waals surface area contributed by atoms with E-state index in [9.17, 15) is 14.0 Å². The number of ether oxygens (including phenoxy) is 2. The van der Waals surface area contributed by atoms with Crippen molar-refractivity contribution in [2.24, 2.45) is 5.73 Å². The van der Waals surface area contributed by atoms with E-state index in [1.165, 1.54) is 12.1 Å². The third kappa shape index (κ3) is 4.77. The molecule has 1 saturated heterocycles. The molecule has 0 saturated carbocycles. The molecule has 1 aliphatic heterocycles. The Kier molecular flexibility index (Phi) is 5.79. The van der Waals surface area contributed by atoms with Crippen LogP contribution in [0.5, 0.6) is 0 Å². The molecule has 1 aromatic carbocycles. The number of imidazole rings is 1. The molecule has 0 radical (unpaired) electrons. The number of hydrogen-bond acceptors (Lipinski definition) is 5. The number of nitrogens with two attached hydrogens (primary N) is 1. The van der Waals surface area contributed by atoms with Gasteiger partial charge in [-0.25, -0.2) is 9.37 Å². The molecule has 2 aromatic rings. The Morgan fingerprint density at radius 3 is 3.12 bits per heavy atom. The maximum Gasteiger partial charge on any atom is 0.243 e. The number of aromatic nitrogens is 2. The van der Waals surface area contributed by atoms with Crippen molar-refractivity contribution < 1.29 is 23.5 Å². The molecule has 0 unspecified atom stereocenters. The fraction of sp³-hybridized carbons (Fsp3) is 0.471. The maximum absolute atomic E-state index is 13.2. The second kappa shape index (κ2) is 8.24. The summed E-state index contributed by atoms with van der Waals surface area (Å²) in [5.41, 5.74) is 6.35. The number of nitrogens with zero attached hydrogens (tertiary/aromatic N) is 1. The number of fused-ring (bicyclic) bond motifs is 1. The minimum absolute atomic E-state index is 0.181. The van der Waals surface area contributed by atoms with E-state index in [0.717, 1.165) is 0 Å². The quantitative estimate of drug-likeness (QED) is 0.657. The Hall–Kier alpha value is -2.52. The van der Waals surface area contributed by atoms with E-state index in [2.05, 4.69) is 15.3 Å². The van der Waals surface area contributed by atoms with Crippen molar-refractivity contribution in [3.05, 3.63) is 29.8 Å². The number of hydrogen-bond donors (Lipinski definition) is 3. The topological polar surface area (TPSA) is 119 Å². The summed E-state index contributed by atoms with van der Waals surface area (Å²) in [7, 11) is 0. The van der Waals surface area contributed by atoms with Crippen molar-refractivity contribution in [2.45, 2.75) is 31.4 Å². The fourth-order valence-electron chi connectivity index (χ4n) is 2.91. The Morgan fingerprint density at radius 1 is 1.46 bits per heavy atom. The predicted molar refractivity (Wildman–Crippen MR) is 90.7 cm³/mol. The van der Waals surface area contributed by atoms with Crippen LogP contribution in [0.25, 0.3) is 11.0 Å². The molecule has 1 fully saturated rings. The van der Waals surface area contributed by atoms with Crippen molar-refractivity contribution in [1.29, 1.82) is 0 Å². The number of aryl methyl sites for hydroxylation is 1. The number of nitrogens with one attached hydrogen (secondary N) is 2. The van der Waals surface area contributed by atoms with Crippen LogP contribution in [0.1, 0.15) is 18.7 Å². The number of amides is 2. The molecule has 8 nitrogen and oxygen atoms in total. The number of H-pyrrole nitrogens is 1. The van der Waals surface area contributed by atoms with E-state index in [-0.39, 0.29) is 36.9 Å². The van der Waals surface area contributed by atoms with Crippen LogP contribution in [0, 0.1) is 5.82 Å². The van der Waals surface area contributed by atoms with E-state index in [4.69, 9.17) is 15.2 Å². The normalized spacial score (nSPS) is 20.2. The molecule has 0 aliphatic carbocycles. The van der Waals surface area contributed by atoms with E-state index in [1.54, 1.807) is 6.07 Å². The Bertz CT molecular complexity index is 794. The molecule has 2 heterocycles. The summed E-state index contributed by atoms with van der Waals surface area (Å²) in [6, 6.07) is 3.96. The first-order chi connectivity index (χ1) is 12.5. The van der Waals surface area contributed by atoms with Crippen LogP contribution < -0.4 is 11.1 Å². The van der Waals surface area contributed by atoms with E-state index in [0.29, 0.717) is 42.9 Å². The summed E-state index contributed by atoms with van der Waals surface area (Å²) < 4.78 is 24.0. The van der Waals surface area contributed by atoms with Crippen LogP contribution in [0.2, 0.25) is 0 Å². The van der Waals surface area contributed by atoms with Gasteiger partial charge in [-0.1, -0.05) is 0 Å². The number of carbonyl (C=O) groups is 2. The van der Waals surface area contributed by atoms with Crippen molar-refractivity contribution >= 4 is 22.8 Å². The van der Waals surface area contributed by atoms with Gasteiger partial charge >= 0.3 is 0 Å². The number of primary amides is 1. The van der Waals surface area contributed by atoms with Gasteiger partial charge in [-0.15, -0.1) is 0 Å². The highest BCUT2D eigenvalue weighted by atomic mass is 19.1. The Labute approximate surface area is 149 Å². The lowest BCUT2D eigenvalue weighted by Gasteiger charge is -2.31. The number of aromatic amines is 1. The monoisotopic (exact) mass is 364 g/mol. The van der Waals surface area contributed by atoms with Crippen LogP contribution in [0.3, 0.4) is 0 Å². The molecule has 2 atom stereocenters. The van der Waals surface area contributed by atoms with Gasteiger partial charge in [-0.3, -0.25) is 9.59 Å². The van der Waals surface area contributed by atoms with Gasteiger partial charge < -0.3 is 25.5 Å². The average molecular weight is 364 g/mol. The number of carbonyl (C=O) groups excluding carboxylic acids is 2. The largest absolute Gasteiger partial charge is 0.379 e. The molecule has 9 heteroatoms. The van der Waals surface area contributed by atoms with Crippen molar-refractivity contribution in [1.82, 2.24) is 15.3 Å². The lowest BCUT2D eigenvalue weighted by atomic mass is 10.1. The van der Waals surface area contributed by atoms with Gasteiger partial charge in [0.15, 0.2) is 0 Å². The summed E-state index contributed by atoms with van der Waals surface area (Å²) in [5.74, 6) is -0.463. The zero-order valence-corrected chi connectivity index (χ0v) is 14.2. The second-order valence-corrected chi connectivity index (χ2v) is 6.20. The standard InChI is InChI=1S/C17H21FN4O4/c18-10-1-2-11-12(7-10)21-16(20-11)3-4-17(24)22-13-8-25-6-5-14(13)26-9-15(19)23/h1-2,7,13-14H,3-6,8-9H2,(H2,19,23)(H,20,21)(H,22,24)/t13-,14+/m1/s1. The third-order valence-corrected chi connectivity index (χ3v) is 4.16. The van der Waals surface area contributed by atoms with Crippen LogP contribution in [-0.2, 0) is 25.5 Å². The molecule has 2 amide bonds. The molecule has 1 aromatic heterocycles. The molecule has 3 rings (SSSR count). The van der Waals surface area contributed by atoms with E-state index in [1.807, 2.05) is 0 Å². The summed E-state index contributed by atoms with van der Waals surface area (Å²) in [5, 5.41) is 2.86. The van der Waals surface area contributed by atoms with Gasteiger partial charge in [0.1, 0.15) is 18.2 Å². The molecule has 140 valence electrons. The van der Waals surface area contributed by atoms with Gasteiger partial charge in [-0.05, 0) is 24.6 Å². The van der Waals surface area contributed by atoms with Gasteiger partial charge in [0, 0.05) is 19.4 Å². The Balaban J connectivity index is 1.52. The van der Waals surface area contributed by atoms with E-state index >= 15 is 0 Å². The minimum Gasteiger partial charge on any atom is -0.379 e. The molecular formula is C17H21FN4O4. The lowest BCUT2D eigenvalue weighted by molar-refractivity contribution is -0.131. The molecule has 4 N–H and O–H groups in total. The Morgan fingerprint density at radius 2 is 2.31 bits per heavy atom. The zero-order chi connectivity index (χ0) is 18.5. The van der Waals surface area contributed by atoms with E-state index < -0.39 is 5.91 Å². The van der Waals surface area contributed by atoms with Crippen LogP contribution in [0.4, 0.5) is 4.39 Å². The predicted octanol–water partition coefficient (Wildman–Crippen LogP) is 0.410. The van der Waals surface area contributed by atoms with Crippen LogP contribution >= 0.6 is 0 Å². The number of rotatable bonds is 7. The van der Waals surface area contributed by atoms with Crippen molar-refractivity contribution in [3.8, 4) is 0 Å². The first-order valence-corrected chi connectivity index (χ1v) is 8.42. The number of halogens is 1. The lowest BCUT2D eigenvalue weighted by Crippen LogP contribution is -2.51. The third-order valence-electron chi connectivity index (χ3n) is 4.16. The molecule has 0 spiro atoms. The summed E-state index contributed by atoms with van der Waals surface area (Å²) in [4.78, 5) is 30.4. The SMILES string of the molecule is NC(=O)CO[C@H]1CCOC[C@H]1NC(=O)CCc1nc2ccc(F)cc2[nH]1. The van der Waals surface area contributed by atoms with Crippen molar-refractivity contribution in [3.63, 3.8) is 0 Å². The zero-order valence-electron chi connectivity index (χ0n) is 14.2. The highest BCUT2D eigenvalue weighted by molar-refractivity contribution is 5.77. The maximum atomic E-state index is 13.2. The molecule has 1 aliphatic rings. The molecule has 26 heavy (non-hydrogen) atoms. The first-order valence-electron chi connectivity index (χ1n) is 8.42. The minimum atomic E-state index is -0.553.